The lowest BCUT2D eigenvalue weighted by Crippen LogP contribution is -2.26. The van der Waals surface area contributed by atoms with Gasteiger partial charge in [0.2, 0.25) is 5.96 Å². The van der Waals surface area contributed by atoms with Crippen LogP contribution in [0.15, 0.2) is 35.0 Å². The Bertz CT molecular complexity index is 578. The molecule has 19 heavy (non-hydrogen) atoms. The van der Waals surface area contributed by atoms with Gasteiger partial charge in [0.1, 0.15) is 12.2 Å². The lowest BCUT2D eigenvalue weighted by atomic mass is 10.2. The normalized spacial score (nSPS) is 18.5. The molecule has 1 aromatic rings. The van der Waals surface area contributed by atoms with Gasteiger partial charge in [-0.05, 0) is 23.8 Å². The van der Waals surface area contributed by atoms with Gasteiger partial charge >= 0.3 is 5.97 Å². The van der Waals surface area contributed by atoms with Crippen molar-refractivity contribution >= 4 is 35.5 Å². The van der Waals surface area contributed by atoms with Crippen LogP contribution in [0.25, 0.3) is 6.08 Å². The van der Waals surface area contributed by atoms with Crippen molar-refractivity contribution in [3.05, 3.63) is 40.5 Å². The Morgan fingerprint density at radius 2 is 2.00 bits per heavy atom. The minimum Gasteiger partial charge on any atom is -0.480 e. The van der Waals surface area contributed by atoms with Gasteiger partial charge in [0.15, 0.2) is 0 Å². The van der Waals surface area contributed by atoms with Crippen LogP contribution < -0.4 is 10.6 Å². The van der Waals surface area contributed by atoms with Crippen LogP contribution in [0.5, 0.6) is 0 Å². The number of carbonyl (C=O) groups excluding carboxylic acids is 1. The molecule has 0 saturated carbocycles. The number of carboxylic acids is 1. The molecule has 1 heterocycles. The molecular formula is C12H10ClN3O3. The van der Waals surface area contributed by atoms with Crippen LogP contribution in [0.2, 0.25) is 5.02 Å². The average Bonchev–Trinajstić information content (AvgIpc) is 2.71. The number of hydrogen-bond donors (Lipinski definition) is 3. The molecule has 0 bridgehead atoms. The molecule has 6 nitrogen and oxygen atoms in total. The molecule has 0 atom stereocenters. The quantitative estimate of drug-likeness (QED) is 0.715. The van der Waals surface area contributed by atoms with E-state index in [0.717, 1.165) is 5.56 Å². The van der Waals surface area contributed by atoms with Gasteiger partial charge in [0.05, 0.1) is 0 Å². The highest BCUT2D eigenvalue weighted by molar-refractivity contribution is 6.30. The summed E-state index contributed by atoms with van der Waals surface area (Å²) >= 11 is 5.76. The topological polar surface area (TPSA) is 90.8 Å². The number of amides is 1. The third-order valence-corrected chi connectivity index (χ3v) is 2.54. The SMILES string of the molecule is O=C(O)CN=C1NC(=O)/C(=C/c2ccc(Cl)cc2)N1. The van der Waals surface area contributed by atoms with Crippen molar-refractivity contribution in [3.63, 3.8) is 0 Å². The zero-order chi connectivity index (χ0) is 13.8. The van der Waals surface area contributed by atoms with Gasteiger partial charge in [-0.15, -0.1) is 0 Å². The first-order valence-corrected chi connectivity index (χ1v) is 5.74. The highest BCUT2D eigenvalue weighted by Crippen LogP contribution is 2.12. The molecule has 7 heteroatoms. The van der Waals surface area contributed by atoms with E-state index in [1.165, 1.54) is 0 Å². The first-order valence-electron chi connectivity index (χ1n) is 5.36. The largest absolute Gasteiger partial charge is 0.480 e. The molecular weight excluding hydrogens is 270 g/mol. The monoisotopic (exact) mass is 279 g/mol. The summed E-state index contributed by atoms with van der Waals surface area (Å²) in [7, 11) is 0. The number of nitrogens with zero attached hydrogens (tertiary/aromatic N) is 1. The van der Waals surface area contributed by atoms with Gasteiger partial charge in [0, 0.05) is 5.02 Å². The Morgan fingerprint density at radius 1 is 1.32 bits per heavy atom. The highest BCUT2D eigenvalue weighted by atomic mass is 35.5. The second kappa shape index (κ2) is 5.53. The molecule has 1 saturated heterocycles. The van der Waals surface area contributed by atoms with Crippen molar-refractivity contribution in [2.24, 2.45) is 4.99 Å². The standard InChI is InChI=1S/C12H10ClN3O3/c13-8-3-1-7(2-4-8)5-9-11(19)16-12(15-9)14-6-10(17)18/h1-5H,6H2,(H,17,18)(H2,14,15,16,19)/b9-5-. The Hall–Kier alpha value is -2.34. The molecule has 98 valence electrons. The highest BCUT2D eigenvalue weighted by Gasteiger charge is 2.21. The number of aliphatic imine (C=N–C) groups is 1. The van der Waals surface area contributed by atoms with Crippen molar-refractivity contribution in [1.29, 1.82) is 0 Å². The number of carboxylic acid groups (broad SMARTS) is 1. The lowest BCUT2D eigenvalue weighted by Gasteiger charge is -1.97. The third kappa shape index (κ3) is 3.56. The van der Waals surface area contributed by atoms with E-state index in [4.69, 9.17) is 16.7 Å². The molecule has 3 N–H and O–H groups in total. The minimum atomic E-state index is -1.07. The molecule has 0 aliphatic carbocycles. The summed E-state index contributed by atoms with van der Waals surface area (Å²) in [5, 5.41) is 14.2. The van der Waals surface area contributed by atoms with Gasteiger partial charge in [-0.25, -0.2) is 4.99 Å². The minimum absolute atomic E-state index is 0.132. The van der Waals surface area contributed by atoms with E-state index in [9.17, 15) is 9.59 Å². The molecule has 0 unspecified atom stereocenters. The van der Waals surface area contributed by atoms with Crippen molar-refractivity contribution in [1.82, 2.24) is 10.6 Å². The molecule has 2 rings (SSSR count). The molecule has 1 aliphatic rings. The first kappa shape index (κ1) is 13.1. The molecule has 0 aromatic heterocycles. The van der Waals surface area contributed by atoms with E-state index >= 15 is 0 Å². The van der Waals surface area contributed by atoms with Crippen LogP contribution in [0, 0.1) is 0 Å². The fraction of sp³-hybridized carbons (Fsp3) is 0.0833. The predicted molar refractivity (Wildman–Crippen MR) is 70.6 cm³/mol. The van der Waals surface area contributed by atoms with E-state index in [-0.39, 0.29) is 11.9 Å². The lowest BCUT2D eigenvalue weighted by molar-refractivity contribution is -0.135. The predicted octanol–water partition coefficient (Wildman–Crippen LogP) is 0.841. The van der Waals surface area contributed by atoms with Gasteiger partial charge in [-0.2, -0.15) is 0 Å². The Morgan fingerprint density at radius 3 is 2.63 bits per heavy atom. The maximum Gasteiger partial charge on any atom is 0.325 e. The molecule has 1 aliphatic heterocycles. The Kier molecular flexibility index (Phi) is 3.82. The number of rotatable bonds is 3. The summed E-state index contributed by atoms with van der Waals surface area (Å²) in [6.45, 7) is -0.406. The Labute approximate surface area is 113 Å². The van der Waals surface area contributed by atoms with Gasteiger partial charge < -0.3 is 10.4 Å². The van der Waals surface area contributed by atoms with E-state index in [0.29, 0.717) is 10.7 Å². The second-order valence-electron chi connectivity index (χ2n) is 3.75. The smallest absolute Gasteiger partial charge is 0.325 e. The number of guanidine groups is 1. The summed E-state index contributed by atoms with van der Waals surface area (Å²) in [5.74, 6) is -1.30. The van der Waals surface area contributed by atoms with Crippen LogP contribution in [0.3, 0.4) is 0 Å². The molecule has 0 radical (unpaired) electrons. The van der Waals surface area contributed by atoms with Crippen molar-refractivity contribution in [2.75, 3.05) is 6.54 Å². The maximum atomic E-state index is 11.6. The number of halogens is 1. The van der Waals surface area contributed by atoms with Crippen molar-refractivity contribution in [3.8, 4) is 0 Å². The summed E-state index contributed by atoms with van der Waals surface area (Å²) in [6, 6.07) is 6.94. The van der Waals surface area contributed by atoms with E-state index in [2.05, 4.69) is 15.6 Å². The fourth-order valence-electron chi connectivity index (χ4n) is 1.44. The fourth-order valence-corrected chi connectivity index (χ4v) is 1.57. The first-order chi connectivity index (χ1) is 9.04. The zero-order valence-corrected chi connectivity index (χ0v) is 10.4. The van der Waals surface area contributed by atoms with Crippen LogP contribution in [0.4, 0.5) is 0 Å². The summed E-state index contributed by atoms with van der Waals surface area (Å²) in [6.07, 6.45) is 1.62. The summed E-state index contributed by atoms with van der Waals surface area (Å²) in [5.41, 5.74) is 1.09. The molecule has 1 aromatic carbocycles. The number of hydrogen-bond acceptors (Lipinski definition) is 3. The van der Waals surface area contributed by atoms with Crippen LogP contribution in [-0.4, -0.2) is 29.5 Å². The Balaban J connectivity index is 2.13. The molecule has 0 spiro atoms. The van der Waals surface area contributed by atoms with Gasteiger partial charge in [0.25, 0.3) is 5.91 Å². The molecule has 1 fully saturated rings. The second-order valence-corrected chi connectivity index (χ2v) is 4.18. The van der Waals surface area contributed by atoms with Gasteiger partial charge in [-0.1, -0.05) is 23.7 Å². The van der Waals surface area contributed by atoms with E-state index in [1.54, 1.807) is 30.3 Å². The van der Waals surface area contributed by atoms with E-state index in [1.807, 2.05) is 0 Å². The number of nitrogens with one attached hydrogen (secondary N) is 2. The van der Waals surface area contributed by atoms with Crippen LogP contribution in [0.1, 0.15) is 5.56 Å². The third-order valence-electron chi connectivity index (χ3n) is 2.28. The van der Waals surface area contributed by atoms with Crippen molar-refractivity contribution < 1.29 is 14.7 Å². The number of carbonyl (C=O) groups is 2. The van der Waals surface area contributed by atoms with Gasteiger partial charge in [-0.3, -0.25) is 14.9 Å². The van der Waals surface area contributed by atoms with Crippen LogP contribution >= 0.6 is 11.6 Å². The summed E-state index contributed by atoms with van der Waals surface area (Å²) in [4.78, 5) is 25.7. The van der Waals surface area contributed by atoms with Crippen molar-refractivity contribution in [2.45, 2.75) is 0 Å². The molecule has 1 amide bonds. The average molecular weight is 280 g/mol. The zero-order valence-electron chi connectivity index (χ0n) is 9.68. The maximum absolute atomic E-state index is 11.6. The van der Waals surface area contributed by atoms with E-state index < -0.39 is 12.5 Å². The number of benzene rings is 1. The number of aliphatic carboxylic acids is 1. The summed E-state index contributed by atoms with van der Waals surface area (Å²) < 4.78 is 0. The van der Waals surface area contributed by atoms with Crippen LogP contribution in [-0.2, 0) is 9.59 Å².